The lowest BCUT2D eigenvalue weighted by molar-refractivity contribution is -0.115. The number of amides is 1. The van der Waals surface area contributed by atoms with Crippen LogP contribution in [0.1, 0.15) is 32.8 Å². The maximum Gasteiger partial charge on any atom is 0.224 e. The molecule has 0 saturated heterocycles. The molecule has 1 aromatic heterocycles. The fraction of sp³-hybridized carbons (Fsp3) is 0.455. The van der Waals surface area contributed by atoms with Crippen LogP contribution in [0.4, 0.5) is 5.69 Å². The minimum absolute atomic E-state index is 0.0161. The maximum absolute atomic E-state index is 11.0. The molecule has 1 aromatic rings. The number of anilines is 1. The number of rotatable bonds is 2. The molecule has 0 spiro atoms. The number of aromatic nitrogens is 1. The van der Waals surface area contributed by atoms with Gasteiger partial charge in [-0.25, -0.2) is 0 Å². The summed E-state index contributed by atoms with van der Waals surface area (Å²) in [6.07, 6.45) is 3.89. The molecule has 0 aliphatic heterocycles. The van der Waals surface area contributed by atoms with Crippen LogP contribution in [-0.2, 0) is 4.79 Å². The van der Waals surface area contributed by atoms with Gasteiger partial charge in [-0.15, -0.1) is 0 Å². The summed E-state index contributed by atoms with van der Waals surface area (Å²) in [6.45, 7) is 7.76. The van der Waals surface area contributed by atoms with Gasteiger partial charge >= 0.3 is 0 Å². The first kappa shape index (κ1) is 12.6. The highest BCUT2D eigenvalue weighted by atomic mass is 16.1. The van der Waals surface area contributed by atoms with Gasteiger partial charge in [-0.3, -0.25) is 9.78 Å². The lowest BCUT2D eigenvalue weighted by Gasteiger charge is -2.02. The molecular formula is C11H18N2O. The number of pyridine rings is 1. The van der Waals surface area contributed by atoms with E-state index in [2.05, 4.69) is 10.3 Å². The van der Waals surface area contributed by atoms with Crippen LogP contribution >= 0.6 is 0 Å². The third kappa shape index (κ3) is 4.60. The van der Waals surface area contributed by atoms with Crippen molar-refractivity contribution in [3.05, 3.63) is 24.0 Å². The second-order valence-electron chi connectivity index (χ2n) is 2.65. The van der Waals surface area contributed by atoms with Crippen molar-refractivity contribution >= 4 is 11.6 Å². The predicted octanol–water partition coefficient (Wildman–Crippen LogP) is 2.76. The summed E-state index contributed by atoms with van der Waals surface area (Å²) in [4.78, 5) is 14.9. The Bertz CT molecular complexity index is 284. The molecule has 0 bridgehead atoms. The van der Waals surface area contributed by atoms with E-state index in [4.69, 9.17) is 0 Å². The van der Waals surface area contributed by atoms with Crippen molar-refractivity contribution in [3.63, 3.8) is 0 Å². The average molecular weight is 194 g/mol. The molecule has 14 heavy (non-hydrogen) atoms. The summed E-state index contributed by atoms with van der Waals surface area (Å²) in [7, 11) is 0. The van der Waals surface area contributed by atoms with Gasteiger partial charge < -0.3 is 5.32 Å². The summed E-state index contributed by atoms with van der Waals surface area (Å²) in [5.41, 5.74) is 1.81. The zero-order valence-electron chi connectivity index (χ0n) is 9.29. The lowest BCUT2D eigenvalue weighted by atomic mass is 10.3. The number of hydrogen-bond acceptors (Lipinski definition) is 2. The third-order valence-electron chi connectivity index (χ3n) is 1.48. The van der Waals surface area contributed by atoms with Crippen LogP contribution in [0.25, 0.3) is 0 Å². The summed E-state index contributed by atoms with van der Waals surface area (Å²) in [6, 6.07) is 1.89. The minimum atomic E-state index is 0.0161. The molecule has 3 nitrogen and oxygen atoms in total. The minimum Gasteiger partial charge on any atom is -0.325 e. The van der Waals surface area contributed by atoms with Gasteiger partial charge in [0.25, 0.3) is 0 Å². The third-order valence-corrected chi connectivity index (χ3v) is 1.48. The molecule has 0 radical (unpaired) electrons. The molecule has 3 heteroatoms. The molecule has 1 amide bonds. The Kier molecular flexibility index (Phi) is 6.37. The molecule has 0 aromatic carbocycles. The van der Waals surface area contributed by atoms with Crippen molar-refractivity contribution in [2.24, 2.45) is 0 Å². The van der Waals surface area contributed by atoms with Crippen LogP contribution < -0.4 is 5.32 Å². The number of nitrogens with zero attached hydrogens (tertiary/aromatic N) is 1. The molecule has 0 fully saturated rings. The summed E-state index contributed by atoms with van der Waals surface area (Å²) in [5, 5.41) is 2.73. The topological polar surface area (TPSA) is 42.0 Å². The largest absolute Gasteiger partial charge is 0.325 e. The summed E-state index contributed by atoms with van der Waals surface area (Å²) >= 11 is 0. The van der Waals surface area contributed by atoms with Crippen molar-refractivity contribution in [2.45, 2.75) is 34.1 Å². The molecular weight excluding hydrogens is 176 g/mol. The van der Waals surface area contributed by atoms with Gasteiger partial charge in [0, 0.05) is 12.6 Å². The molecule has 1 N–H and O–H groups in total. The Hall–Kier alpha value is -1.38. The first-order valence-electron chi connectivity index (χ1n) is 4.94. The number of aryl methyl sites for hydroxylation is 1. The van der Waals surface area contributed by atoms with Gasteiger partial charge in [-0.05, 0) is 18.6 Å². The number of hydrogen-bond donors (Lipinski definition) is 1. The Morgan fingerprint density at radius 1 is 1.43 bits per heavy atom. The normalized spacial score (nSPS) is 8.57. The van der Waals surface area contributed by atoms with E-state index in [0.717, 1.165) is 11.3 Å². The summed E-state index contributed by atoms with van der Waals surface area (Å²) in [5.74, 6) is 0.0161. The van der Waals surface area contributed by atoms with Gasteiger partial charge in [0.2, 0.25) is 5.91 Å². The van der Waals surface area contributed by atoms with Crippen molar-refractivity contribution < 1.29 is 4.79 Å². The SMILES string of the molecule is CC.CCC(=O)Nc1cncc(C)c1. The van der Waals surface area contributed by atoms with E-state index in [0.29, 0.717) is 6.42 Å². The van der Waals surface area contributed by atoms with Gasteiger partial charge in [-0.2, -0.15) is 0 Å². The molecule has 78 valence electrons. The molecule has 1 heterocycles. The van der Waals surface area contributed by atoms with E-state index >= 15 is 0 Å². The molecule has 0 aliphatic carbocycles. The lowest BCUT2D eigenvalue weighted by Crippen LogP contribution is -2.09. The fourth-order valence-electron chi connectivity index (χ4n) is 0.873. The van der Waals surface area contributed by atoms with Crippen LogP contribution in [0.15, 0.2) is 18.5 Å². The van der Waals surface area contributed by atoms with E-state index in [-0.39, 0.29) is 5.91 Å². The average Bonchev–Trinajstić information content (AvgIpc) is 2.21. The highest BCUT2D eigenvalue weighted by Crippen LogP contribution is 2.06. The van der Waals surface area contributed by atoms with Gasteiger partial charge in [0.1, 0.15) is 0 Å². The standard InChI is InChI=1S/C9H12N2O.C2H6/c1-3-9(12)11-8-4-7(2)5-10-6-8;1-2/h4-6H,3H2,1-2H3,(H,11,12);1-2H3. The molecule has 0 aliphatic rings. The quantitative estimate of drug-likeness (QED) is 0.786. The van der Waals surface area contributed by atoms with Crippen molar-refractivity contribution in [3.8, 4) is 0 Å². The van der Waals surface area contributed by atoms with E-state index in [1.165, 1.54) is 0 Å². The monoisotopic (exact) mass is 194 g/mol. The second-order valence-corrected chi connectivity index (χ2v) is 2.65. The van der Waals surface area contributed by atoms with Crippen LogP contribution in [0.5, 0.6) is 0 Å². The molecule has 0 saturated carbocycles. The van der Waals surface area contributed by atoms with Crippen molar-refractivity contribution in [1.29, 1.82) is 0 Å². The Morgan fingerprint density at radius 3 is 2.57 bits per heavy atom. The maximum atomic E-state index is 11.0. The highest BCUT2D eigenvalue weighted by molar-refractivity contribution is 5.90. The van der Waals surface area contributed by atoms with Gasteiger partial charge in [-0.1, -0.05) is 20.8 Å². The highest BCUT2D eigenvalue weighted by Gasteiger charge is 1.97. The fourth-order valence-corrected chi connectivity index (χ4v) is 0.873. The van der Waals surface area contributed by atoms with Crippen molar-refractivity contribution in [1.82, 2.24) is 4.98 Å². The zero-order valence-corrected chi connectivity index (χ0v) is 9.29. The van der Waals surface area contributed by atoms with E-state index in [9.17, 15) is 4.79 Å². The Morgan fingerprint density at radius 2 is 2.07 bits per heavy atom. The second kappa shape index (κ2) is 7.06. The number of nitrogens with one attached hydrogen (secondary N) is 1. The molecule has 1 rings (SSSR count). The van der Waals surface area contributed by atoms with E-state index in [1.54, 1.807) is 12.4 Å². The van der Waals surface area contributed by atoms with E-state index in [1.807, 2.05) is 33.8 Å². The smallest absolute Gasteiger partial charge is 0.224 e. The van der Waals surface area contributed by atoms with Crippen LogP contribution in [0.3, 0.4) is 0 Å². The molecule has 0 atom stereocenters. The Labute approximate surface area is 85.6 Å². The summed E-state index contributed by atoms with van der Waals surface area (Å²) < 4.78 is 0. The van der Waals surface area contributed by atoms with Crippen LogP contribution in [-0.4, -0.2) is 10.9 Å². The number of carbonyl (C=O) groups excluding carboxylic acids is 1. The molecule has 0 unspecified atom stereocenters. The van der Waals surface area contributed by atoms with Crippen LogP contribution in [0, 0.1) is 6.92 Å². The first-order valence-corrected chi connectivity index (χ1v) is 4.94. The first-order chi connectivity index (χ1) is 6.72. The van der Waals surface area contributed by atoms with Crippen molar-refractivity contribution in [2.75, 3.05) is 5.32 Å². The zero-order chi connectivity index (χ0) is 11.0. The number of carbonyl (C=O) groups is 1. The van der Waals surface area contributed by atoms with Gasteiger partial charge in [0.15, 0.2) is 0 Å². The van der Waals surface area contributed by atoms with Crippen LogP contribution in [0.2, 0.25) is 0 Å². The Balaban J connectivity index is 0.000000791. The van der Waals surface area contributed by atoms with E-state index < -0.39 is 0 Å². The predicted molar refractivity (Wildman–Crippen MR) is 59.2 cm³/mol. The van der Waals surface area contributed by atoms with Gasteiger partial charge in [0.05, 0.1) is 11.9 Å².